The number of hydrogen-bond donors (Lipinski definition) is 0. The van der Waals surface area contributed by atoms with E-state index in [4.69, 9.17) is 9.97 Å². The van der Waals surface area contributed by atoms with Crippen molar-refractivity contribution in [3.63, 3.8) is 0 Å². The van der Waals surface area contributed by atoms with E-state index in [1.54, 1.807) is 0 Å². The highest BCUT2D eigenvalue weighted by atomic mass is 15.3. The van der Waals surface area contributed by atoms with Gasteiger partial charge in [-0.1, -0.05) is 152 Å². The van der Waals surface area contributed by atoms with Gasteiger partial charge < -0.3 is 0 Å². The Bertz CT molecular complexity index is 1940. The van der Waals surface area contributed by atoms with Crippen LogP contribution in [0.2, 0.25) is 0 Å². The van der Waals surface area contributed by atoms with Gasteiger partial charge in [0.15, 0.2) is 0 Å². The minimum Gasteiger partial charge on any atom is -0.279 e. The lowest BCUT2D eigenvalue weighted by Gasteiger charge is -2.42. The van der Waals surface area contributed by atoms with Crippen LogP contribution in [0.5, 0.6) is 0 Å². The molecular formula is C42H33N3. The summed E-state index contributed by atoms with van der Waals surface area (Å²) in [5, 5.41) is 0. The lowest BCUT2D eigenvalue weighted by Crippen LogP contribution is -2.37. The third kappa shape index (κ3) is 4.69. The van der Waals surface area contributed by atoms with Gasteiger partial charge in [-0.3, -0.25) is 4.90 Å². The lowest BCUT2D eigenvalue weighted by atomic mass is 9.60. The van der Waals surface area contributed by atoms with Crippen LogP contribution in [-0.2, 0) is 5.41 Å². The van der Waals surface area contributed by atoms with E-state index < -0.39 is 5.41 Å². The Morgan fingerprint density at radius 2 is 1.29 bits per heavy atom. The summed E-state index contributed by atoms with van der Waals surface area (Å²) < 4.78 is 0. The van der Waals surface area contributed by atoms with Crippen molar-refractivity contribution >= 4 is 11.6 Å². The molecule has 45 heavy (non-hydrogen) atoms. The fraction of sp³-hybridized carbons (Fsp3) is 0.0952. The van der Waals surface area contributed by atoms with Crippen LogP contribution in [0.25, 0.3) is 22.5 Å². The summed E-state index contributed by atoms with van der Waals surface area (Å²) in [5.41, 5.74) is 9.42. The van der Waals surface area contributed by atoms with E-state index in [1.807, 2.05) is 12.1 Å². The number of allylic oxidation sites excluding steroid dienone is 9. The summed E-state index contributed by atoms with van der Waals surface area (Å²) in [5.74, 6) is 0.701. The maximum absolute atomic E-state index is 5.30. The second kappa shape index (κ2) is 11.5. The number of para-hydroxylation sites is 1. The second-order valence-corrected chi connectivity index (χ2v) is 11.7. The van der Waals surface area contributed by atoms with Crippen LogP contribution in [0.1, 0.15) is 24.0 Å². The molecule has 0 fully saturated rings. The van der Waals surface area contributed by atoms with Gasteiger partial charge in [-0.25, -0.2) is 9.97 Å². The molecule has 8 rings (SSSR count). The van der Waals surface area contributed by atoms with Crippen LogP contribution >= 0.6 is 0 Å². The van der Waals surface area contributed by atoms with Crippen LogP contribution in [0.3, 0.4) is 0 Å². The highest BCUT2D eigenvalue weighted by molar-refractivity contribution is 5.79. The van der Waals surface area contributed by atoms with Crippen molar-refractivity contribution in [1.82, 2.24) is 9.97 Å². The minimum atomic E-state index is -0.448. The number of benzene rings is 4. The van der Waals surface area contributed by atoms with Crippen LogP contribution in [0.4, 0.5) is 11.6 Å². The summed E-state index contributed by atoms with van der Waals surface area (Å²) in [6.07, 6.45) is 20.5. The molecule has 3 aliphatic rings. The van der Waals surface area contributed by atoms with Crippen LogP contribution < -0.4 is 4.90 Å². The smallest absolute Gasteiger partial charge is 0.235 e. The van der Waals surface area contributed by atoms with Gasteiger partial charge in [0.1, 0.15) is 0 Å². The van der Waals surface area contributed by atoms with Crippen molar-refractivity contribution in [2.45, 2.75) is 18.3 Å². The van der Waals surface area contributed by atoms with Crippen molar-refractivity contribution in [3.05, 3.63) is 192 Å². The number of rotatable bonds is 5. The molecule has 0 saturated heterocycles. The summed E-state index contributed by atoms with van der Waals surface area (Å²) in [6.45, 7) is 0. The fourth-order valence-electron chi connectivity index (χ4n) is 7.11. The Kier molecular flexibility index (Phi) is 6.92. The zero-order valence-corrected chi connectivity index (χ0v) is 25.0. The van der Waals surface area contributed by atoms with Crippen LogP contribution in [0.15, 0.2) is 181 Å². The molecule has 0 saturated carbocycles. The highest BCUT2D eigenvalue weighted by Crippen LogP contribution is 2.55. The summed E-state index contributed by atoms with van der Waals surface area (Å²) >= 11 is 0. The first-order valence-corrected chi connectivity index (χ1v) is 15.7. The molecule has 0 amide bonds. The molecular weight excluding hydrogens is 546 g/mol. The number of fused-ring (bicyclic) bond motifs is 2. The van der Waals surface area contributed by atoms with Gasteiger partial charge in [0, 0.05) is 22.7 Å². The fourth-order valence-corrected chi connectivity index (χ4v) is 7.11. The Balaban J connectivity index is 1.44. The van der Waals surface area contributed by atoms with Gasteiger partial charge in [0.2, 0.25) is 5.95 Å². The highest BCUT2D eigenvalue weighted by Gasteiger charge is 2.47. The van der Waals surface area contributed by atoms with Crippen molar-refractivity contribution < 1.29 is 0 Å². The second-order valence-electron chi connectivity index (χ2n) is 11.7. The van der Waals surface area contributed by atoms with E-state index in [0.29, 0.717) is 5.95 Å². The zero-order chi connectivity index (χ0) is 30.1. The Hall–Kier alpha value is -5.54. The molecule has 1 aliphatic heterocycles. The molecule has 0 radical (unpaired) electrons. The van der Waals surface area contributed by atoms with E-state index in [0.717, 1.165) is 46.7 Å². The Morgan fingerprint density at radius 1 is 0.644 bits per heavy atom. The lowest BCUT2D eigenvalue weighted by molar-refractivity contribution is 0.522. The van der Waals surface area contributed by atoms with Gasteiger partial charge in [-0.05, 0) is 47.8 Å². The number of hydrogen-bond acceptors (Lipinski definition) is 3. The average molecular weight is 580 g/mol. The van der Waals surface area contributed by atoms with E-state index in [1.165, 1.54) is 16.7 Å². The number of aromatic nitrogens is 2. The van der Waals surface area contributed by atoms with Gasteiger partial charge in [-0.15, -0.1) is 0 Å². The molecule has 0 spiro atoms. The first kappa shape index (κ1) is 27.0. The molecule has 1 aromatic heterocycles. The first-order chi connectivity index (χ1) is 22.3. The largest absolute Gasteiger partial charge is 0.279 e. The third-order valence-electron chi connectivity index (χ3n) is 9.11. The molecule has 0 N–H and O–H groups in total. The van der Waals surface area contributed by atoms with Crippen molar-refractivity contribution in [2.24, 2.45) is 5.92 Å². The normalized spacial score (nSPS) is 20.1. The summed E-state index contributed by atoms with van der Waals surface area (Å²) in [7, 11) is 0. The van der Waals surface area contributed by atoms with Gasteiger partial charge in [-0.2, -0.15) is 0 Å². The predicted octanol–water partition coefficient (Wildman–Crippen LogP) is 10.2. The maximum Gasteiger partial charge on any atom is 0.235 e. The quantitative estimate of drug-likeness (QED) is 0.207. The van der Waals surface area contributed by atoms with E-state index in [-0.39, 0.29) is 5.92 Å². The number of nitrogens with zero attached hydrogens (tertiary/aromatic N) is 3. The Morgan fingerprint density at radius 3 is 1.96 bits per heavy atom. The summed E-state index contributed by atoms with van der Waals surface area (Å²) in [4.78, 5) is 12.9. The summed E-state index contributed by atoms with van der Waals surface area (Å²) in [6, 6.07) is 42.8. The van der Waals surface area contributed by atoms with Crippen LogP contribution in [-0.4, -0.2) is 9.97 Å². The SMILES string of the molecule is C1=CC2=CC(C=C1)C(C1=CCCC=C1)(c1ccccc1)c1ccccc1N2c1nc(-c2ccccc2)cc(-c2ccccc2)n1. The van der Waals surface area contributed by atoms with Crippen molar-refractivity contribution in [3.8, 4) is 22.5 Å². The van der Waals surface area contributed by atoms with Crippen LogP contribution in [0, 0.1) is 5.92 Å². The molecule has 216 valence electrons. The molecule has 2 atom stereocenters. The van der Waals surface area contributed by atoms with Crippen molar-refractivity contribution in [1.29, 1.82) is 0 Å². The average Bonchev–Trinajstić information content (AvgIpc) is 3.43. The van der Waals surface area contributed by atoms with E-state index in [9.17, 15) is 0 Å². The maximum atomic E-state index is 5.30. The molecule has 2 unspecified atom stereocenters. The standard InChI is InChI=1S/C42H33N3/c1-5-17-31(18-6-1)38-30-39(32-19-7-2-8-20-32)44-41(43-38)45-36-26-14-13-25-35(29-36)42(33-21-9-3-10-22-33,34-23-11-4-12-24-34)37-27-15-16-28-40(37)45/h1-3,5-11,13-30,35H,4,12H2. The first-order valence-electron chi connectivity index (χ1n) is 15.7. The number of anilines is 2. The monoisotopic (exact) mass is 579 g/mol. The molecule has 2 bridgehead atoms. The molecule has 5 aromatic rings. The molecule has 4 aromatic carbocycles. The minimum absolute atomic E-state index is 0.0518. The zero-order valence-electron chi connectivity index (χ0n) is 25.0. The van der Waals surface area contributed by atoms with Gasteiger partial charge in [0.25, 0.3) is 0 Å². The Labute approximate surface area is 265 Å². The molecule has 3 heteroatoms. The van der Waals surface area contributed by atoms with Gasteiger partial charge >= 0.3 is 0 Å². The molecule has 3 nitrogen and oxygen atoms in total. The van der Waals surface area contributed by atoms with E-state index in [2.05, 4.69) is 163 Å². The topological polar surface area (TPSA) is 29.0 Å². The van der Waals surface area contributed by atoms with Gasteiger partial charge in [0.05, 0.1) is 22.5 Å². The van der Waals surface area contributed by atoms with Crippen molar-refractivity contribution in [2.75, 3.05) is 4.90 Å². The predicted molar refractivity (Wildman–Crippen MR) is 185 cm³/mol. The molecule has 2 aliphatic carbocycles. The van der Waals surface area contributed by atoms with E-state index >= 15 is 0 Å². The molecule has 2 heterocycles. The third-order valence-corrected chi connectivity index (χ3v) is 9.11.